The van der Waals surface area contributed by atoms with Gasteiger partial charge in [-0.1, -0.05) is 36.8 Å². The first-order valence-corrected chi connectivity index (χ1v) is 10.9. The van der Waals surface area contributed by atoms with Crippen molar-refractivity contribution >= 4 is 5.91 Å². The quantitative estimate of drug-likeness (QED) is 0.759. The Morgan fingerprint density at radius 3 is 2.57 bits per heavy atom. The van der Waals surface area contributed by atoms with Crippen LogP contribution in [0.1, 0.15) is 43.7 Å². The maximum atomic E-state index is 13.5. The summed E-state index contributed by atoms with van der Waals surface area (Å²) in [7, 11) is 2.01. The second-order valence-corrected chi connectivity index (χ2v) is 8.56. The molecule has 3 atom stereocenters. The number of rotatable bonds is 6. The third-order valence-electron chi connectivity index (χ3n) is 6.66. The molecule has 0 spiro atoms. The number of hydrogen-bond donors (Lipinski definition) is 0. The molecular weight excluding hydrogens is 346 g/mol. The molecule has 0 saturated carbocycles. The van der Waals surface area contributed by atoms with E-state index in [1.54, 1.807) is 0 Å². The molecule has 2 aromatic rings. The monoisotopic (exact) mass is 379 g/mol. The minimum absolute atomic E-state index is 0.173. The van der Waals surface area contributed by atoms with Crippen LogP contribution in [0.2, 0.25) is 0 Å². The molecule has 150 valence electrons. The van der Waals surface area contributed by atoms with E-state index in [4.69, 9.17) is 0 Å². The summed E-state index contributed by atoms with van der Waals surface area (Å²) < 4.78 is 2.07. The van der Waals surface area contributed by atoms with Crippen LogP contribution < -0.4 is 0 Å². The summed E-state index contributed by atoms with van der Waals surface area (Å²) in [6, 6.07) is 14.9. The second kappa shape index (κ2) is 8.95. The van der Waals surface area contributed by atoms with Crippen molar-refractivity contribution in [3.05, 3.63) is 60.4 Å². The lowest BCUT2D eigenvalue weighted by atomic mass is 9.83. The number of hydrogen-bond acceptors (Lipinski definition) is 2. The highest BCUT2D eigenvalue weighted by molar-refractivity contribution is 5.80. The number of nitrogens with zero attached hydrogens (tertiary/aromatic N) is 3. The van der Waals surface area contributed by atoms with Gasteiger partial charge in [0.05, 0.1) is 0 Å². The van der Waals surface area contributed by atoms with Crippen molar-refractivity contribution in [1.29, 1.82) is 0 Å². The van der Waals surface area contributed by atoms with E-state index in [1.807, 2.05) is 42.5 Å². The molecular formula is C24H33N3O. The normalized spacial score (nSPS) is 23.8. The molecule has 4 nitrogen and oxygen atoms in total. The van der Waals surface area contributed by atoms with Crippen molar-refractivity contribution in [2.24, 2.45) is 5.92 Å². The molecule has 2 aliphatic heterocycles. The van der Waals surface area contributed by atoms with Crippen molar-refractivity contribution in [1.82, 2.24) is 14.4 Å². The maximum Gasteiger partial charge on any atom is 0.245 e. The molecule has 3 unspecified atom stereocenters. The van der Waals surface area contributed by atoms with Gasteiger partial charge in [-0.15, -0.1) is 0 Å². The molecule has 1 amide bonds. The zero-order valence-electron chi connectivity index (χ0n) is 17.0. The van der Waals surface area contributed by atoms with Crippen LogP contribution in [0, 0.1) is 5.92 Å². The highest BCUT2D eigenvalue weighted by Crippen LogP contribution is 2.31. The van der Waals surface area contributed by atoms with Gasteiger partial charge in [-0.05, 0) is 62.4 Å². The fourth-order valence-corrected chi connectivity index (χ4v) is 5.20. The van der Waals surface area contributed by atoms with Gasteiger partial charge in [-0.2, -0.15) is 0 Å². The highest BCUT2D eigenvalue weighted by Gasteiger charge is 2.35. The summed E-state index contributed by atoms with van der Waals surface area (Å²) in [5, 5.41) is 0. The number of carbonyl (C=O) groups is 1. The Kier molecular flexibility index (Phi) is 6.16. The highest BCUT2D eigenvalue weighted by atomic mass is 16.2. The standard InChI is InChI=1S/C24H33N3O/c1-25(19-21-12-9-17-26-14-6-5-13-22(21)26)24(28)23(27-15-7-8-16-27)18-20-10-3-2-4-11-20/h2-4,7-8,10-11,15-16,21-23H,5-6,9,12-14,17-19H2,1H3. The fourth-order valence-electron chi connectivity index (χ4n) is 5.20. The molecule has 0 N–H and O–H groups in total. The lowest BCUT2D eigenvalue weighted by molar-refractivity contribution is -0.134. The van der Waals surface area contributed by atoms with Crippen molar-refractivity contribution < 1.29 is 4.79 Å². The van der Waals surface area contributed by atoms with Gasteiger partial charge < -0.3 is 14.4 Å². The summed E-state index contributed by atoms with van der Waals surface area (Å²) in [5.74, 6) is 0.845. The van der Waals surface area contributed by atoms with Gasteiger partial charge in [-0.3, -0.25) is 4.79 Å². The Balaban J connectivity index is 1.46. The van der Waals surface area contributed by atoms with Crippen LogP contribution in [0.25, 0.3) is 0 Å². The van der Waals surface area contributed by atoms with Crippen LogP contribution in [0.15, 0.2) is 54.9 Å². The van der Waals surface area contributed by atoms with Gasteiger partial charge in [-0.25, -0.2) is 0 Å². The largest absolute Gasteiger partial charge is 0.344 e. The van der Waals surface area contributed by atoms with Crippen molar-refractivity contribution in [3.63, 3.8) is 0 Å². The molecule has 1 aromatic carbocycles. The summed E-state index contributed by atoms with van der Waals surface area (Å²) in [6.07, 6.45) is 11.3. The first-order chi connectivity index (χ1) is 13.7. The Hall–Kier alpha value is -2.07. The van der Waals surface area contributed by atoms with Crippen LogP contribution in [-0.4, -0.2) is 53.0 Å². The number of likely N-dealkylation sites (N-methyl/N-ethyl adjacent to an activating group) is 1. The third kappa shape index (κ3) is 4.33. The van der Waals surface area contributed by atoms with E-state index < -0.39 is 0 Å². The molecule has 4 heteroatoms. The Bertz CT molecular complexity index is 740. The van der Waals surface area contributed by atoms with Gasteiger partial charge in [0.25, 0.3) is 0 Å². The molecule has 0 aliphatic carbocycles. The Morgan fingerprint density at radius 1 is 1.04 bits per heavy atom. The number of aromatic nitrogens is 1. The van der Waals surface area contributed by atoms with E-state index in [0.29, 0.717) is 12.0 Å². The second-order valence-electron chi connectivity index (χ2n) is 8.56. The van der Waals surface area contributed by atoms with E-state index in [2.05, 4.69) is 33.7 Å². The van der Waals surface area contributed by atoms with Gasteiger partial charge in [0, 0.05) is 38.4 Å². The summed E-state index contributed by atoms with van der Waals surface area (Å²) >= 11 is 0. The van der Waals surface area contributed by atoms with Crippen LogP contribution in [0.4, 0.5) is 0 Å². The predicted molar refractivity (Wildman–Crippen MR) is 113 cm³/mol. The molecule has 2 saturated heterocycles. The van der Waals surface area contributed by atoms with Crippen molar-refractivity contribution in [2.75, 3.05) is 26.7 Å². The lowest BCUT2D eigenvalue weighted by Gasteiger charge is -2.45. The zero-order chi connectivity index (χ0) is 19.3. The molecule has 2 aliphatic rings. The lowest BCUT2D eigenvalue weighted by Crippen LogP contribution is -2.51. The summed E-state index contributed by atoms with van der Waals surface area (Å²) in [5.41, 5.74) is 1.21. The van der Waals surface area contributed by atoms with Gasteiger partial charge in [0.15, 0.2) is 0 Å². The molecule has 0 bridgehead atoms. The average Bonchev–Trinajstić information content (AvgIpc) is 3.27. The van der Waals surface area contributed by atoms with E-state index in [0.717, 1.165) is 13.0 Å². The number of amides is 1. The zero-order valence-corrected chi connectivity index (χ0v) is 17.0. The van der Waals surface area contributed by atoms with Crippen molar-refractivity contribution in [3.8, 4) is 0 Å². The summed E-state index contributed by atoms with van der Waals surface area (Å²) in [6.45, 7) is 3.38. The van der Waals surface area contributed by atoms with Crippen LogP contribution in [-0.2, 0) is 11.2 Å². The van der Waals surface area contributed by atoms with Crippen LogP contribution in [0.3, 0.4) is 0 Å². The van der Waals surface area contributed by atoms with E-state index in [9.17, 15) is 4.79 Å². The smallest absolute Gasteiger partial charge is 0.245 e. The third-order valence-corrected chi connectivity index (χ3v) is 6.66. The molecule has 28 heavy (non-hydrogen) atoms. The number of piperidine rings is 2. The number of carbonyl (C=O) groups excluding carboxylic acids is 1. The van der Waals surface area contributed by atoms with E-state index in [-0.39, 0.29) is 11.9 Å². The van der Waals surface area contributed by atoms with Crippen LogP contribution >= 0.6 is 0 Å². The fraction of sp³-hybridized carbons (Fsp3) is 0.542. The number of fused-ring (bicyclic) bond motifs is 1. The molecule has 4 rings (SSSR count). The van der Waals surface area contributed by atoms with E-state index >= 15 is 0 Å². The minimum Gasteiger partial charge on any atom is -0.344 e. The Morgan fingerprint density at radius 2 is 1.79 bits per heavy atom. The maximum absolute atomic E-state index is 13.5. The van der Waals surface area contributed by atoms with Gasteiger partial charge >= 0.3 is 0 Å². The molecule has 0 radical (unpaired) electrons. The van der Waals surface area contributed by atoms with Gasteiger partial charge in [0.1, 0.15) is 6.04 Å². The number of benzene rings is 1. The minimum atomic E-state index is -0.173. The van der Waals surface area contributed by atoms with Gasteiger partial charge in [0.2, 0.25) is 5.91 Å². The summed E-state index contributed by atoms with van der Waals surface area (Å²) in [4.78, 5) is 18.2. The Labute approximate surface area is 169 Å². The average molecular weight is 380 g/mol. The van der Waals surface area contributed by atoms with Crippen molar-refractivity contribution in [2.45, 2.75) is 50.6 Å². The van der Waals surface area contributed by atoms with Crippen LogP contribution in [0.5, 0.6) is 0 Å². The first kappa shape index (κ1) is 19.3. The van der Waals surface area contributed by atoms with E-state index in [1.165, 1.54) is 50.8 Å². The predicted octanol–water partition coefficient (Wildman–Crippen LogP) is 3.99. The first-order valence-electron chi connectivity index (χ1n) is 10.9. The molecule has 3 heterocycles. The molecule has 1 aromatic heterocycles. The molecule has 2 fully saturated rings. The topological polar surface area (TPSA) is 28.5 Å². The SMILES string of the molecule is CN(CC1CCCN2CCCCC12)C(=O)C(Cc1ccccc1)n1cccc1.